The van der Waals surface area contributed by atoms with Crippen LogP contribution in [0.3, 0.4) is 0 Å². The van der Waals surface area contributed by atoms with E-state index in [9.17, 15) is 10.1 Å². The zero-order valence-electron chi connectivity index (χ0n) is 5.91. The van der Waals surface area contributed by atoms with E-state index in [0.717, 1.165) is 19.1 Å². The summed E-state index contributed by atoms with van der Waals surface area (Å²) in [6.45, 7) is 0. The van der Waals surface area contributed by atoms with Crippen LogP contribution >= 0.6 is 0 Å². The van der Waals surface area contributed by atoms with Crippen LogP contribution in [0.4, 0.5) is 0 Å². The summed E-state index contributed by atoms with van der Waals surface area (Å²) in [5.74, 6) is 0. The normalized spacial score (nSPS) is 17.6. The van der Waals surface area contributed by atoms with Gasteiger partial charge >= 0.3 is 5.70 Å². The SMILES string of the molecule is N=C/C(=C\NC1CC1)[N+](=O)[O-]. The largest absolute Gasteiger partial charge is 0.383 e. The lowest BCUT2D eigenvalue weighted by molar-refractivity contribution is -0.414. The summed E-state index contributed by atoms with van der Waals surface area (Å²) in [6, 6.07) is 0.393. The molecule has 0 aromatic heterocycles. The molecule has 5 heteroatoms. The van der Waals surface area contributed by atoms with Gasteiger partial charge in [0.1, 0.15) is 0 Å². The molecule has 0 aromatic carbocycles. The zero-order valence-corrected chi connectivity index (χ0v) is 5.91. The van der Waals surface area contributed by atoms with Crippen molar-refractivity contribution in [3.8, 4) is 0 Å². The van der Waals surface area contributed by atoms with E-state index in [0.29, 0.717) is 6.04 Å². The molecule has 0 aliphatic heterocycles. The summed E-state index contributed by atoms with van der Waals surface area (Å²) in [5.41, 5.74) is -0.197. The van der Waals surface area contributed by atoms with E-state index >= 15 is 0 Å². The summed E-state index contributed by atoms with van der Waals surface area (Å²) in [7, 11) is 0. The average Bonchev–Trinajstić information content (AvgIpc) is 2.72. The van der Waals surface area contributed by atoms with Gasteiger partial charge < -0.3 is 10.7 Å². The fourth-order valence-electron chi connectivity index (χ4n) is 0.600. The average molecular weight is 155 g/mol. The number of allylic oxidation sites excluding steroid dienone is 1. The van der Waals surface area contributed by atoms with Crippen molar-refractivity contribution in [3.63, 3.8) is 0 Å². The molecule has 1 fully saturated rings. The van der Waals surface area contributed by atoms with Crippen LogP contribution in [-0.2, 0) is 0 Å². The van der Waals surface area contributed by atoms with Gasteiger partial charge in [0.2, 0.25) is 0 Å². The quantitative estimate of drug-likeness (QED) is 0.352. The highest BCUT2D eigenvalue weighted by Gasteiger charge is 2.20. The van der Waals surface area contributed by atoms with E-state index in [4.69, 9.17) is 5.41 Å². The minimum Gasteiger partial charge on any atom is -0.383 e. The van der Waals surface area contributed by atoms with Gasteiger partial charge in [0, 0.05) is 6.04 Å². The molecule has 0 heterocycles. The maximum Gasteiger partial charge on any atom is 0.302 e. The Balaban J connectivity index is 2.43. The third-order valence-corrected chi connectivity index (χ3v) is 1.40. The van der Waals surface area contributed by atoms with Crippen LogP contribution in [0.1, 0.15) is 12.8 Å². The van der Waals surface area contributed by atoms with E-state index in [1.165, 1.54) is 6.20 Å². The minimum absolute atomic E-state index is 0.197. The molecule has 5 nitrogen and oxygen atoms in total. The lowest BCUT2D eigenvalue weighted by Gasteiger charge is -1.93. The van der Waals surface area contributed by atoms with Crippen LogP contribution in [0.15, 0.2) is 11.9 Å². The molecular weight excluding hydrogens is 146 g/mol. The highest BCUT2D eigenvalue weighted by molar-refractivity contribution is 5.71. The van der Waals surface area contributed by atoms with E-state index in [2.05, 4.69) is 5.32 Å². The third kappa shape index (κ3) is 2.37. The molecule has 0 unspecified atom stereocenters. The van der Waals surface area contributed by atoms with Crippen LogP contribution in [0.25, 0.3) is 0 Å². The van der Waals surface area contributed by atoms with E-state index in [-0.39, 0.29) is 5.70 Å². The first-order chi connectivity index (χ1) is 5.24. The van der Waals surface area contributed by atoms with Crippen molar-refractivity contribution < 1.29 is 4.92 Å². The number of hydrogen-bond acceptors (Lipinski definition) is 4. The molecule has 0 spiro atoms. The smallest absolute Gasteiger partial charge is 0.302 e. The topological polar surface area (TPSA) is 79.0 Å². The monoisotopic (exact) mass is 155 g/mol. The third-order valence-electron chi connectivity index (χ3n) is 1.40. The Morgan fingerprint density at radius 2 is 2.36 bits per heavy atom. The van der Waals surface area contributed by atoms with Crippen molar-refractivity contribution in [1.29, 1.82) is 5.41 Å². The van der Waals surface area contributed by atoms with E-state index in [1.807, 2.05) is 0 Å². The van der Waals surface area contributed by atoms with Gasteiger partial charge in [0.05, 0.1) is 17.3 Å². The second kappa shape index (κ2) is 3.14. The summed E-state index contributed by atoms with van der Waals surface area (Å²) in [5, 5.41) is 19.6. The summed E-state index contributed by atoms with van der Waals surface area (Å²) < 4.78 is 0. The second-order valence-electron chi connectivity index (χ2n) is 2.41. The molecule has 1 aliphatic rings. The van der Waals surface area contributed by atoms with Crippen molar-refractivity contribution >= 4 is 6.21 Å². The Morgan fingerprint density at radius 1 is 1.73 bits per heavy atom. The highest BCUT2D eigenvalue weighted by Crippen LogP contribution is 2.18. The molecule has 0 atom stereocenters. The number of rotatable bonds is 4. The first kappa shape index (κ1) is 7.71. The van der Waals surface area contributed by atoms with E-state index in [1.54, 1.807) is 0 Å². The highest BCUT2D eigenvalue weighted by atomic mass is 16.6. The lowest BCUT2D eigenvalue weighted by Crippen LogP contribution is -2.11. The molecule has 0 radical (unpaired) electrons. The predicted octanol–water partition coefficient (Wildman–Crippen LogP) is 0.506. The zero-order chi connectivity index (χ0) is 8.27. The van der Waals surface area contributed by atoms with Gasteiger partial charge in [0.25, 0.3) is 0 Å². The fourth-order valence-corrected chi connectivity index (χ4v) is 0.600. The van der Waals surface area contributed by atoms with E-state index < -0.39 is 4.92 Å². The van der Waals surface area contributed by atoms with Gasteiger partial charge in [-0.3, -0.25) is 10.1 Å². The van der Waals surface area contributed by atoms with Gasteiger partial charge in [-0.2, -0.15) is 0 Å². The standard InChI is InChI=1S/C6H9N3O2/c7-3-6(9(10)11)4-8-5-1-2-5/h3-5,7-8H,1-2H2/b6-4+,7-3?. The lowest BCUT2D eigenvalue weighted by atomic mass is 10.5. The molecule has 0 saturated heterocycles. The molecule has 0 amide bonds. The molecule has 2 N–H and O–H groups in total. The van der Waals surface area contributed by atoms with Crippen molar-refractivity contribution in [3.05, 3.63) is 22.0 Å². The number of nitrogens with one attached hydrogen (secondary N) is 2. The molecule has 11 heavy (non-hydrogen) atoms. The summed E-state index contributed by atoms with van der Waals surface area (Å²) >= 11 is 0. The Labute approximate surface area is 63.8 Å². The van der Waals surface area contributed by atoms with Crippen LogP contribution in [0, 0.1) is 15.5 Å². The molecule has 1 saturated carbocycles. The second-order valence-corrected chi connectivity index (χ2v) is 2.41. The molecule has 0 aromatic rings. The minimum atomic E-state index is -0.581. The first-order valence-electron chi connectivity index (χ1n) is 3.35. The maximum atomic E-state index is 10.1. The Bertz CT molecular complexity index is 208. The molecule has 1 rings (SSSR count). The van der Waals surface area contributed by atoms with Gasteiger partial charge in [-0.15, -0.1) is 0 Å². The molecule has 60 valence electrons. The van der Waals surface area contributed by atoms with Gasteiger partial charge in [0.15, 0.2) is 0 Å². The Morgan fingerprint density at radius 3 is 2.73 bits per heavy atom. The Hall–Kier alpha value is -1.39. The number of nitro groups is 1. The van der Waals surface area contributed by atoms with Crippen molar-refractivity contribution in [2.75, 3.05) is 0 Å². The summed E-state index contributed by atoms with van der Waals surface area (Å²) in [4.78, 5) is 9.53. The van der Waals surface area contributed by atoms with Crippen LogP contribution in [0.2, 0.25) is 0 Å². The van der Waals surface area contributed by atoms with Crippen LogP contribution in [0.5, 0.6) is 0 Å². The molecule has 0 bridgehead atoms. The maximum absolute atomic E-state index is 10.1. The first-order valence-corrected chi connectivity index (χ1v) is 3.35. The molecule has 1 aliphatic carbocycles. The van der Waals surface area contributed by atoms with Gasteiger partial charge in [-0.05, 0) is 12.8 Å². The number of nitrogens with zero attached hydrogens (tertiary/aromatic N) is 1. The Kier molecular flexibility index (Phi) is 2.20. The van der Waals surface area contributed by atoms with Crippen molar-refractivity contribution in [2.45, 2.75) is 18.9 Å². The predicted molar refractivity (Wildman–Crippen MR) is 40.0 cm³/mol. The van der Waals surface area contributed by atoms with Crippen LogP contribution < -0.4 is 5.32 Å². The van der Waals surface area contributed by atoms with Gasteiger partial charge in [-0.1, -0.05) is 0 Å². The number of hydrogen-bond donors (Lipinski definition) is 2. The molecular formula is C6H9N3O2. The summed E-state index contributed by atoms with van der Waals surface area (Å²) in [6.07, 6.45) is 4.15. The fraction of sp³-hybridized carbons (Fsp3) is 0.500. The van der Waals surface area contributed by atoms with Crippen LogP contribution in [-0.4, -0.2) is 17.2 Å². The van der Waals surface area contributed by atoms with Crippen molar-refractivity contribution in [1.82, 2.24) is 5.32 Å². The van der Waals surface area contributed by atoms with Gasteiger partial charge in [-0.25, -0.2) is 0 Å². The van der Waals surface area contributed by atoms with Crippen molar-refractivity contribution in [2.24, 2.45) is 0 Å².